The minimum Gasteiger partial charge on any atom is -0.396 e. The van der Waals surface area contributed by atoms with Crippen molar-refractivity contribution >= 4 is 17.7 Å². The molecule has 0 fully saturated rings. The number of amides is 1. The third-order valence-corrected chi connectivity index (χ3v) is 3.54. The average Bonchev–Trinajstić information content (AvgIpc) is 2.39. The summed E-state index contributed by atoms with van der Waals surface area (Å²) in [6, 6.07) is 7.98. The molecule has 0 aliphatic carbocycles. The molecule has 100 valence electrons. The van der Waals surface area contributed by atoms with Gasteiger partial charge in [0.05, 0.1) is 6.42 Å². The van der Waals surface area contributed by atoms with E-state index in [-0.39, 0.29) is 12.5 Å². The van der Waals surface area contributed by atoms with Gasteiger partial charge in [0.2, 0.25) is 5.91 Å². The van der Waals surface area contributed by atoms with E-state index >= 15 is 0 Å². The Labute approximate surface area is 113 Å². The van der Waals surface area contributed by atoms with Gasteiger partial charge in [0.15, 0.2) is 0 Å². The molecule has 0 heterocycles. The first-order valence-electron chi connectivity index (χ1n) is 6.27. The number of hydrogen-bond acceptors (Lipinski definition) is 3. The standard InChI is InChI=1S/C14H21NO2S/c1-18-13-8-4-3-7-12(13)11-14(17)15-9-5-2-6-10-16/h3-4,7-8,16H,2,5-6,9-11H2,1H3,(H,15,17). The fourth-order valence-corrected chi connectivity index (χ4v) is 2.34. The Morgan fingerprint density at radius 1 is 1.28 bits per heavy atom. The van der Waals surface area contributed by atoms with Gasteiger partial charge in [-0.1, -0.05) is 18.2 Å². The molecule has 1 aromatic carbocycles. The minimum atomic E-state index is 0.0699. The Balaban J connectivity index is 2.31. The summed E-state index contributed by atoms with van der Waals surface area (Å²) in [5.74, 6) is 0.0699. The van der Waals surface area contributed by atoms with Gasteiger partial charge in [0.1, 0.15) is 0 Å². The lowest BCUT2D eigenvalue weighted by atomic mass is 10.1. The zero-order chi connectivity index (χ0) is 13.2. The van der Waals surface area contributed by atoms with Crippen LogP contribution in [0.15, 0.2) is 29.2 Å². The topological polar surface area (TPSA) is 49.3 Å². The van der Waals surface area contributed by atoms with Crippen molar-refractivity contribution in [3.05, 3.63) is 29.8 Å². The molecule has 0 aliphatic rings. The van der Waals surface area contributed by atoms with Crippen molar-refractivity contribution in [1.29, 1.82) is 0 Å². The SMILES string of the molecule is CSc1ccccc1CC(=O)NCCCCCO. The van der Waals surface area contributed by atoms with E-state index in [1.54, 1.807) is 11.8 Å². The van der Waals surface area contributed by atoms with E-state index in [4.69, 9.17) is 5.11 Å². The molecule has 0 bridgehead atoms. The van der Waals surface area contributed by atoms with Crippen molar-refractivity contribution in [1.82, 2.24) is 5.32 Å². The Kier molecular flexibility index (Phi) is 7.53. The molecule has 0 spiro atoms. The predicted octanol–water partition coefficient (Wildman–Crippen LogP) is 2.23. The van der Waals surface area contributed by atoms with Gasteiger partial charge in [-0.2, -0.15) is 0 Å². The average molecular weight is 267 g/mol. The number of thioether (sulfide) groups is 1. The smallest absolute Gasteiger partial charge is 0.224 e. The van der Waals surface area contributed by atoms with E-state index in [9.17, 15) is 4.79 Å². The van der Waals surface area contributed by atoms with Crippen LogP contribution in [0, 0.1) is 0 Å². The van der Waals surface area contributed by atoms with E-state index in [0.717, 1.165) is 29.7 Å². The maximum absolute atomic E-state index is 11.7. The summed E-state index contributed by atoms with van der Waals surface area (Å²) in [5, 5.41) is 11.5. The van der Waals surface area contributed by atoms with Crippen LogP contribution in [0.1, 0.15) is 24.8 Å². The van der Waals surface area contributed by atoms with Crippen LogP contribution >= 0.6 is 11.8 Å². The van der Waals surface area contributed by atoms with Crippen LogP contribution in [0.2, 0.25) is 0 Å². The highest BCUT2D eigenvalue weighted by atomic mass is 32.2. The summed E-state index contributed by atoms with van der Waals surface area (Å²) in [6.45, 7) is 0.926. The van der Waals surface area contributed by atoms with Gasteiger partial charge in [0, 0.05) is 18.0 Å². The van der Waals surface area contributed by atoms with Crippen LogP contribution in [-0.4, -0.2) is 30.4 Å². The van der Waals surface area contributed by atoms with Crippen molar-refractivity contribution in [2.24, 2.45) is 0 Å². The molecule has 1 aromatic rings. The molecule has 0 saturated heterocycles. The highest BCUT2D eigenvalue weighted by Crippen LogP contribution is 2.20. The van der Waals surface area contributed by atoms with Crippen molar-refractivity contribution in [3.8, 4) is 0 Å². The highest BCUT2D eigenvalue weighted by Gasteiger charge is 2.06. The predicted molar refractivity (Wildman–Crippen MR) is 75.9 cm³/mol. The fourth-order valence-electron chi connectivity index (χ4n) is 1.73. The lowest BCUT2D eigenvalue weighted by Crippen LogP contribution is -2.26. The van der Waals surface area contributed by atoms with Crippen LogP contribution in [-0.2, 0) is 11.2 Å². The maximum atomic E-state index is 11.7. The van der Waals surface area contributed by atoms with Gasteiger partial charge >= 0.3 is 0 Å². The lowest BCUT2D eigenvalue weighted by Gasteiger charge is -2.08. The number of benzene rings is 1. The monoisotopic (exact) mass is 267 g/mol. The molecule has 3 nitrogen and oxygen atoms in total. The Bertz CT molecular complexity index is 369. The van der Waals surface area contributed by atoms with Gasteiger partial charge < -0.3 is 10.4 Å². The van der Waals surface area contributed by atoms with Crippen LogP contribution in [0.25, 0.3) is 0 Å². The van der Waals surface area contributed by atoms with Crippen molar-refractivity contribution in [2.45, 2.75) is 30.6 Å². The van der Waals surface area contributed by atoms with E-state index in [1.807, 2.05) is 30.5 Å². The molecule has 0 radical (unpaired) electrons. The van der Waals surface area contributed by atoms with Gasteiger partial charge in [-0.3, -0.25) is 4.79 Å². The van der Waals surface area contributed by atoms with Crippen LogP contribution in [0.4, 0.5) is 0 Å². The number of carbonyl (C=O) groups is 1. The zero-order valence-corrected chi connectivity index (χ0v) is 11.6. The summed E-state index contributed by atoms with van der Waals surface area (Å²) >= 11 is 1.66. The van der Waals surface area contributed by atoms with Crippen LogP contribution in [0.3, 0.4) is 0 Å². The molecule has 1 rings (SSSR count). The molecule has 0 saturated carbocycles. The van der Waals surface area contributed by atoms with Crippen molar-refractivity contribution in [3.63, 3.8) is 0 Å². The molecule has 0 aliphatic heterocycles. The summed E-state index contributed by atoms with van der Waals surface area (Å²) in [5.41, 5.74) is 1.08. The first kappa shape index (κ1) is 15.1. The summed E-state index contributed by atoms with van der Waals surface area (Å²) < 4.78 is 0. The molecule has 1 amide bonds. The van der Waals surface area contributed by atoms with Crippen molar-refractivity contribution in [2.75, 3.05) is 19.4 Å². The molecule has 0 aromatic heterocycles. The second-order valence-corrected chi connectivity index (χ2v) is 4.97. The molecular weight excluding hydrogens is 246 g/mol. The van der Waals surface area contributed by atoms with Gasteiger partial charge in [-0.15, -0.1) is 11.8 Å². The number of aliphatic hydroxyl groups is 1. The van der Waals surface area contributed by atoms with Crippen LogP contribution in [0.5, 0.6) is 0 Å². The number of rotatable bonds is 8. The third-order valence-electron chi connectivity index (χ3n) is 2.70. The molecule has 2 N–H and O–H groups in total. The third kappa shape index (κ3) is 5.56. The van der Waals surface area contributed by atoms with E-state index < -0.39 is 0 Å². The van der Waals surface area contributed by atoms with Gasteiger partial charge in [0.25, 0.3) is 0 Å². The molecule has 0 unspecified atom stereocenters. The summed E-state index contributed by atoms with van der Waals surface area (Å²) in [7, 11) is 0. The lowest BCUT2D eigenvalue weighted by molar-refractivity contribution is -0.120. The number of unbranched alkanes of at least 4 members (excludes halogenated alkanes) is 2. The number of aliphatic hydroxyl groups excluding tert-OH is 1. The highest BCUT2D eigenvalue weighted by molar-refractivity contribution is 7.98. The van der Waals surface area contributed by atoms with Gasteiger partial charge in [-0.05, 0) is 37.1 Å². The molecule has 18 heavy (non-hydrogen) atoms. The zero-order valence-electron chi connectivity index (χ0n) is 10.8. The largest absolute Gasteiger partial charge is 0.396 e. The van der Waals surface area contributed by atoms with Gasteiger partial charge in [-0.25, -0.2) is 0 Å². The van der Waals surface area contributed by atoms with Crippen LogP contribution < -0.4 is 5.32 Å². The molecule has 0 atom stereocenters. The summed E-state index contributed by atoms with van der Waals surface area (Å²) in [4.78, 5) is 12.9. The van der Waals surface area contributed by atoms with E-state index in [1.165, 1.54) is 0 Å². The number of hydrogen-bond donors (Lipinski definition) is 2. The second kappa shape index (κ2) is 9.00. The van der Waals surface area contributed by atoms with Crippen molar-refractivity contribution < 1.29 is 9.90 Å². The summed E-state index contributed by atoms with van der Waals surface area (Å²) in [6.07, 6.45) is 5.16. The quantitative estimate of drug-likeness (QED) is 0.561. The normalized spacial score (nSPS) is 10.3. The second-order valence-electron chi connectivity index (χ2n) is 4.12. The first-order chi connectivity index (χ1) is 8.77. The minimum absolute atomic E-state index is 0.0699. The maximum Gasteiger partial charge on any atom is 0.224 e. The first-order valence-corrected chi connectivity index (χ1v) is 7.50. The number of carbonyl (C=O) groups excluding carboxylic acids is 1. The molecule has 4 heteroatoms. The Morgan fingerprint density at radius 2 is 2.06 bits per heavy atom. The number of nitrogens with one attached hydrogen (secondary N) is 1. The fraction of sp³-hybridized carbons (Fsp3) is 0.500. The van der Waals surface area contributed by atoms with E-state index in [2.05, 4.69) is 5.32 Å². The Morgan fingerprint density at radius 3 is 2.78 bits per heavy atom. The molecular formula is C14H21NO2S. The van der Waals surface area contributed by atoms with E-state index in [0.29, 0.717) is 13.0 Å². The Hall–Kier alpha value is -1.00.